The first-order valence-electron chi connectivity index (χ1n) is 11.0. The average molecular weight is 444 g/mol. The maximum Gasteiger partial charge on any atom is 0.209 e. The Morgan fingerprint density at radius 3 is 1.82 bits per heavy atom. The number of hydrogen-bond donors (Lipinski definition) is 0. The van der Waals surface area contributed by atoms with Gasteiger partial charge < -0.3 is 4.40 Å². The normalized spacial score (nSPS) is 10.9. The summed E-state index contributed by atoms with van der Waals surface area (Å²) < 4.78 is 1.69. The Bertz CT molecular complexity index is 1530. The molecule has 0 atom stereocenters. The van der Waals surface area contributed by atoms with Crippen LogP contribution >= 0.6 is 0 Å². The van der Waals surface area contributed by atoms with Crippen LogP contribution in [0.1, 0.15) is 49.3 Å². The molecular weight excluding hydrogens is 422 g/mol. The highest BCUT2D eigenvalue weighted by Gasteiger charge is 2.20. The number of benzene rings is 3. The summed E-state index contributed by atoms with van der Waals surface area (Å²) in [6, 6.07) is 31.3. The van der Waals surface area contributed by atoms with Gasteiger partial charge >= 0.3 is 0 Å². The lowest BCUT2D eigenvalue weighted by atomic mass is 10.0. The quantitative estimate of drug-likeness (QED) is 0.291. The molecule has 5 rings (SSSR count). The highest BCUT2D eigenvalue weighted by atomic mass is 16.1. The van der Waals surface area contributed by atoms with Crippen LogP contribution in [0.3, 0.4) is 0 Å². The van der Waals surface area contributed by atoms with Crippen molar-refractivity contribution >= 4 is 22.9 Å². The summed E-state index contributed by atoms with van der Waals surface area (Å²) in [7, 11) is 0. The molecule has 2 aromatic heterocycles. The van der Waals surface area contributed by atoms with Crippen LogP contribution in [0.2, 0.25) is 0 Å². The van der Waals surface area contributed by atoms with Gasteiger partial charge in [0, 0.05) is 28.5 Å². The van der Waals surface area contributed by atoms with E-state index in [0.717, 1.165) is 11.1 Å². The lowest BCUT2D eigenvalue weighted by molar-refractivity contribution is 0.101. The zero-order valence-electron chi connectivity index (χ0n) is 18.6. The van der Waals surface area contributed by atoms with Crippen molar-refractivity contribution in [2.24, 2.45) is 0 Å². The van der Waals surface area contributed by atoms with Gasteiger partial charge in [-0.2, -0.15) is 0 Å². The Morgan fingerprint density at radius 2 is 1.18 bits per heavy atom. The lowest BCUT2D eigenvalue weighted by Crippen LogP contribution is -2.06. The molecule has 0 aliphatic heterocycles. The van der Waals surface area contributed by atoms with Crippen molar-refractivity contribution in [3.63, 3.8) is 0 Å². The molecule has 4 nitrogen and oxygen atoms in total. The summed E-state index contributed by atoms with van der Waals surface area (Å²) >= 11 is 0. The summed E-state index contributed by atoms with van der Waals surface area (Å²) in [5, 5.41) is 0. The summed E-state index contributed by atoms with van der Waals surface area (Å²) in [5.74, 6) is -0.493. The molecule has 0 amide bonds. The van der Waals surface area contributed by atoms with Crippen LogP contribution in [-0.2, 0) is 0 Å². The van der Waals surface area contributed by atoms with E-state index >= 15 is 0 Å². The van der Waals surface area contributed by atoms with Crippen molar-refractivity contribution in [2.75, 3.05) is 0 Å². The topological polar surface area (TPSA) is 55.6 Å². The Morgan fingerprint density at radius 1 is 0.588 bits per heavy atom. The standard InChI is InChI=1S/C30H21NO3/c1-20(32)26-19-28(30(34)24-14-12-22(13-15-24)21-8-4-2-5-9-21)31-17-16-25(18-27(26)31)29(33)23-10-6-3-7-11-23/h2-19H,1H3. The summed E-state index contributed by atoms with van der Waals surface area (Å²) in [6.07, 6.45) is 1.68. The minimum atomic E-state index is -0.191. The minimum Gasteiger partial charge on any atom is -0.313 e. The van der Waals surface area contributed by atoms with Crippen LogP contribution in [0.5, 0.6) is 0 Å². The van der Waals surface area contributed by atoms with Crippen LogP contribution in [-0.4, -0.2) is 21.8 Å². The van der Waals surface area contributed by atoms with E-state index in [1.165, 1.54) is 6.92 Å². The number of nitrogens with zero attached hydrogens (tertiary/aromatic N) is 1. The molecule has 0 aliphatic carbocycles. The van der Waals surface area contributed by atoms with Gasteiger partial charge in [0.15, 0.2) is 11.6 Å². The van der Waals surface area contributed by atoms with E-state index in [2.05, 4.69) is 0 Å². The van der Waals surface area contributed by atoms with Crippen molar-refractivity contribution < 1.29 is 14.4 Å². The number of ketones is 3. The van der Waals surface area contributed by atoms with Gasteiger partial charge in [-0.25, -0.2) is 0 Å². The SMILES string of the molecule is CC(=O)c1cc(C(=O)c2ccc(-c3ccccc3)cc2)n2ccc(C(=O)c3ccccc3)cc12. The number of aromatic nitrogens is 1. The Kier molecular flexibility index (Phi) is 5.48. The van der Waals surface area contributed by atoms with E-state index in [1.807, 2.05) is 60.7 Å². The first-order chi connectivity index (χ1) is 16.5. The lowest BCUT2D eigenvalue weighted by Gasteiger charge is -2.07. The fourth-order valence-electron chi connectivity index (χ4n) is 4.14. The van der Waals surface area contributed by atoms with Crippen LogP contribution < -0.4 is 0 Å². The van der Waals surface area contributed by atoms with E-state index in [1.54, 1.807) is 53.1 Å². The maximum atomic E-state index is 13.4. The molecule has 0 spiro atoms. The largest absolute Gasteiger partial charge is 0.313 e. The minimum absolute atomic E-state index is 0.136. The predicted octanol–water partition coefficient (Wildman–Crippen LogP) is 6.27. The molecule has 0 fully saturated rings. The first kappa shape index (κ1) is 21.3. The number of pyridine rings is 1. The molecule has 4 heteroatoms. The maximum absolute atomic E-state index is 13.4. The third kappa shape index (κ3) is 3.86. The summed E-state index contributed by atoms with van der Waals surface area (Å²) in [4.78, 5) is 38.7. The third-order valence-corrected chi connectivity index (χ3v) is 5.94. The van der Waals surface area contributed by atoms with Crippen LogP contribution in [0.4, 0.5) is 0 Å². The van der Waals surface area contributed by atoms with Crippen molar-refractivity contribution in [2.45, 2.75) is 6.92 Å². The third-order valence-electron chi connectivity index (χ3n) is 5.94. The van der Waals surface area contributed by atoms with Crippen LogP contribution in [0, 0.1) is 0 Å². The van der Waals surface area contributed by atoms with Crippen molar-refractivity contribution in [3.05, 3.63) is 137 Å². The molecule has 2 heterocycles. The number of fused-ring (bicyclic) bond motifs is 1. The van der Waals surface area contributed by atoms with Gasteiger partial charge in [-0.05, 0) is 36.2 Å². The van der Waals surface area contributed by atoms with Gasteiger partial charge in [0.05, 0.1) is 11.2 Å². The zero-order chi connectivity index (χ0) is 23.7. The second-order valence-corrected chi connectivity index (χ2v) is 8.14. The monoisotopic (exact) mass is 443 g/mol. The summed E-state index contributed by atoms with van der Waals surface area (Å²) in [6.45, 7) is 1.46. The second kappa shape index (κ2) is 8.75. The molecule has 0 radical (unpaired) electrons. The van der Waals surface area contributed by atoms with E-state index in [4.69, 9.17) is 0 Å². The molecule has 34 heavy (non-hydrogen) atoms. The van der Waals surface area contributed by atoms with Crippen molar-refractivity contribution in [3.8, 4) is 11.1 Å². The molecule has 3 aromatic carbocycles. The Hall–Kier alpha value is -4.57. The van der Waals surface area contributed by atoms with Gasteiger partial charge in [0.2, 0.25) is 5.78 Å². The zero-order valence-corrected chi connectivity index (χ0v) is 18.6. The molecular formula is C30H21NO3. The second-order valence-electron chi connectivity index (χ2n) is 8.14. The van der Waals surface area contributed by atoms with Gasteiger partial charge in [0.25, 0.3) is 0 Å². The van der Waals surface area contributed by atoms with Crippen molar-refractivity contribution in [1.82, 2.24) is 4.40 Å². The van der Waals surface area contributed by atoms with Gasteiger partial charge in [-0.15, -0.1) is 0 Å². The van der Waals surface area contributed by atoms with Crippen LogP contribution in [0.15, 0.2) is 109 Å². The Balaban J connectivity index is 1.54. The fraction of sp³-hybridized carbons (Fsp3) is 0.0333. The number of hydrogen-bond acceptors (Lipinski definition) is 3. The highest BCUT2D eigenvalue weighted by molar-refractivity contribution is 6.14. The number of rotatable bonds is 6. The highest BCUT2D eigenvalue weighted by Crippen LogP contribution is 2.25. The molecule has 0 saturated heterocycles. The Labute approximate surface area is 197 Å². The van der Waals surface area contributed by atoms with E-state index in [0.29, 0.717) is 33.5 Å². The predicted molar refractivity (Wildman–Crippen MR) is 133 cm³/mol. The molecule has 0 bridgehead atoms. The molecule has 0 aliphatic rings. The first-order valence-corrected chi connectivity index (χ1v) is 11.0. The van der Waals surface area contributed by atoms with E-state index in [9.17, 15) is 14.4 Å². The summed E-state index contributed by atoms with van der Waals surface area (Å²) in [5.41, 5.74) is 4.98. The molecule has 0 unspecified atom stereocenters. The van der Waals surface area contributed by atoms with Crippen LogP contribution in [0.25, 0.3) is 16.6 Å². The number of carbonyl (C=O) groups excluding carboxylic acids is 3. The molecule has 0 N–H and O–H groups in total. The number of Topliss-reactive ketones (excluding diaryl/α,β-unsaturated/α-hetero) is 1. The van der Waals surface area contributed by atoms with E-state index in [-0.39, 0.29) is 17.3 Å². The van der Waals surface area contributed by atoms with Gasteiger partial charge in [0.1, 0.15) is 0 Å². The fourth-order valence-corrected chi connectivity index (χ4v) is 4.14. The smallest absolute Gasteiger partial charge is 0.209 e. The molecule has 5 aromatic rings. The molecule has 0 saturated carbocycles. The molecule has 164 valence electrons. The van der Waals surface area contributed by atoms with Gasteiger partial charge in [-0.1, -0.05) is 84.9 Å². The average Bonchev–Trinajstić information content (AvgIpc) is 3.28. The number of carbonyl (C=O) groups is 3. The van der Waals surface area contributed by atoms with E-state index < -0.39 is 0 Å². The van der Waals surface area contributed by atoms with Crippen molar-refractivity contribution in [1.29, 1.82) is 0 Å². The van der Waals surface area contributed by atoms with Gasteiger partial charge in [-0.3, -0.25) is 14.4 Å².